The smallest absolute Gasteiger partial charge is 0.275 e. The van der Waals surface area contributed by atoms with Gasteiger partial charge in [0, 0.05) is 50.0 Å². The number of hydrogen-bond donors (Lipinski definition) is 0. The predicted molar refractivity (Wildman–Crippen MR) is 110 cm³/mol. The topological polar surface area (TPSA) is 58.4 Å². The Morgan fingerprint density at radius 3 is 2.48 bits per heavy atom. The van der Waals surface area contributed by atoms with Crippen LogP contribution in [0.1, 0.15) is 15.4 Å². The molecule has 1 aromatic carbocycles. The summed E-state index contributed by atoms with van der Waals surface area (Å²) >= 11 is 5.24. The molecule has 0 bridgehead atoms. The van der Waals surface area contributed by atoms with Crippen molar-refractivity contribution in [1.29, 1.82) is 0 Å². The highest BCUT2D eigenvalue weighted by Crippen LogP contribution is 2.24. The van der Waals surface area contributed by atoms with Crippen LogP contribution in [0.25, 0.3) is 10.8 Å². The zero-order valence-electron chi connectivity index (χ0n) is 14.9. The second kappa shape index (κ2) is 7.53. The summed E-state index contributed by atoms with van der Waals surface area (Å²) in [5.74, 6) is -0.111. The molecule has 1 fully saturated rings. The third kappa shape index (κ3) is 3.69. The van der Waals surface area contributed by atoms with Crippen molar-refractivity contribution >= 4 is 43.9 Å². The molecule has 2 aromatic heterocycles. The number of carbonyl (C=O) groups excluding carboxylic acids is 1. The standard InChI is InChI=1S/C19H19BrN4O2S/c1-22-18(25)15-5-3-2-4-14(15)17(21-22)19(26)24-10-8-23(9-11-24)12-13-6-7-16(20)27-13/h2-7H,8-12H2,1H3. The van der Waals surface area contributed by atoms with Gasteiger partial charge < -0.3 is 4.90 Å². The lowest BCUT2D eigenvalue weighted by molar-refractivity contribution is 0.0623. The number of rotatable bonds is 3. The highest BCUT2D eigenvalue weighted by molar-refractivity contribution is 9.11. The van der Waals surface area contributed by atoms with Gasteiger partial charge in [-0.3, -0.25) is 14.5 Å². The van der Waals surface area contributed by atoms with Gasteiger partial charge in [0.2, 0.25) is 0 Å². The molecule has 0 spiro atoms. The number of thiophene rings is 1. The molecule has 1 saturated heterocycles. The fourth-order valence-electron chi connectivity index (χ4n) is 3.37. The molecule has 1 aliphatic heterocycles. The summed E-state index contributed by atoms with van der Waals surface area (Å²) in [4.78, 5) is 30.8. The molecule has 0 saturated carbocycles. The molecule has 6 nitrogen and oxygen atoms in total. The summed E-state index contributed by atoms with van der Waals surface area (Å²) in [7, 11) is 1.59. The van der Waals surface area contributed by atoms with Gasteiger partial charge in [-0.05, 0) is 34.1 Å². The van der Waals surface area contributed by atoms with Gasteiger partial charge in [0.05, 0.1) is 9.17 Å². The Bertz CT molecular complexity index is 1050. The number of fused-ring (bicyclic) bond motifs is 1. The Kier molecular flexibility index (Phi) is 5.12. The van der Waals surface area contributed by atoms with E-state index in [9.17, 15) is 9.59 Å². The fourth-order valence-corrected chi connectivity index (χ4v) is 4.90. The largest absolute Gasteiger partial charge is 0.335 e. The fraction of sp³-hybridized carbons (Fsp3) is 0.316. The maximum absolute atomic E-state index is 13.1. The van der Waals surface area contributed by atoms with E-state index < -0.39 is 0 Å². The number of aromatic nitrogens is 2. The number of piperazine rings is 1. The van der Waals surface area contributed by atoms with E-state index in [4.69, 9.17) is 0 Å². The van der Waals surface area contributed by atoms with Crippen LogP contribution in [-0.4, -0.2) is 51.7 Å². The molecule has 140 valence electrons. The van der Waals surface area contributed by atoms with Crippen LogP contribution in [0.2, 0.25) is 0 Å². The van der Waals surface area contributed by atoms with E-state index in [0.717, 1.165) is 23.4 Å². The van der Waals surface area contributed by atoms with Crippen LogP contribution in [0.4, 0.5) is 0 Å². The molecule has 0 atom stereocenters. The first-order chi connectivity index (χ1) is 13.0. The maximum atomic E-state index is 13.1. The zero-order valence-corrected chi connectivity index (χ0v) is 17.3. The van der Waals surface area contributed by atoms with E-state index in [2.05, 4.69) is 38.1 Å². The third-order valence-corrected chi connectivity index (χ3v) is 6.44. The first-order valence-electron chi connectivity index (χ1n) is 8.75. The molecule has 27 heavy (non-hydrogen) atoms. The summed E-state index contributed by atoms with van der Waals surface area (Å²) in [5, 5.41) is 5.41. The van der Waals surface area contributed by atoms with Crippen molar-refractivity contribution in [2.75, 3.05) is 26.2 Å². The third-order valence-electron chi connectivity index (χ3n) is 4.83. The average Bonchev–Trinajstić information content (AvgIpc) is 3.09. The summed E-state index contributed by atoms with van der Waals surface area (Å²) in [5.41, 5.74) is 0.164. The predicted octanol–water partition coefficient (Wildman–Crippen LogP) is 2.72. The second-order valence-electron chi connectivity index (χ2n) is 6.60. The van der Waals surface area contributed by atoms with E-state index in [1.54, 1.807) is 36.6 Å². The first-order valence-corrected chi connectivity index (χ1v) is 10.4. The number of amides is 1. The van der Waals surface area contributed by atoms with Gasteiger partial charge >= 0.3 is 0 Å². The molecule has 1 aliphatic rings. The highest BCUT2D eigenvalue weighted by atomic mass is 79.9. The summed E-state index contributed by atoms with van der Waals surface area (Å²) in [6, 6.07) is 11.4. The lowest BCUT2D eigenvalue weighted by Gasteiger charge is -2.34. The van der Waals surface area contributed by atoms with Crippen molar-refractivity contribution in [2.24, 2.45) is 7.05 Å². The van der Waals surface area contributed by atoms with Crippen molar-refractivity contribution in [3.8, 4) is 0 Å². The Balaban J connectivity index is 1.51. The number of hydrogen-bond acceptors (Lipinski definition) is 5. The van der Waals surface area contributed by atoms with Crippen molar-refractivity contribution < 1.29 is 4.79 Å². The molecule has 3 aromatic rings. The number of halogens is 1. The van der Waals surface area contributed by atoms with Crippen molar-refractivity contribution in [3.05, 3.63) is 61.1 Å². The summed E-state index contributed by atoms with van der Waals surface area (Å²) in [6.45, 7) is 3.86. The molecular formula is C19H19BrN4O2S. The van der Waals surface area contributed by atoms with Gasteiger partial charge in [0.25, 0.3) is 11.5 Å². The van der Waals surface area contributed by atoms with Crippen LogP contribution in [-0.2, 0) is 13.6 Å². The summed E-state index contributed by atoms with van der Waals surface area (Å²) in [6.07, 6.45) is 0. The van der Waals surface area contributed by atoms with E-state index in [1.165, 1.54) is 9.56 Å². The lowest BCUT2D eigenvalue weighted by atomic mass is 10.1. The van der Waals surface area contributed by atoms with Crippen molar-refractivity contribution in [2.45, 2.75) is 6.54 Å². The Hall–Kier alpha value is -2.03. The second-order valence-corrected chi connectivity index (χ2v) is 9.14. The van der Waals surface area contributed by atoms with Crippen LogP contribution >= 0.6 is 27.3 Å². The SMILES string of the molecule is Cn1nc(C(=O)N2CCN(Cc3ccc(Br)s3)CC2)c2ccccc2c1=O. The van der Waals surface area contributed by atoms with Crippen molar-refractivity contribution in [1.82, 2.24) is 19.6 Å². The number of aryl methyl sites for hydroxylation is 1. The van der Waals surface area contributed by atoms with Crippen LogP contribution < -0.4 is 5.56 Å². The van der Waals surface area contributed by atoms with E-state index in [-0.39, 0.29) is 11.5 Å². The van der Waals surface area contributed by atoms with Gasteiger partial charge in [-0.25, -0.2) is 4.68 Å². The minimum absolute atomic E-state index is 0.111. The van der Waals surface area contributed by atoms with E-state index in [0.29, 0.717) is 29.6 Å². The van der Waals surface area contributed by atoms with Gasteiger partial charge in [-0.1, -0.05) is 18.2 Å². The molecule has 8 heteroatoms. The monoisotopic (exact) mass is 446 g/mol. The van der Waals surface area contributed by atoms with Crippen LogP contribution in [0.3, 0.4) is 0 Å². The lowest BCUT2D eigenvalue weighted by Crippen LogP contribution is -2.48. The maximum Gasteiger partial charge on any atom is 0.275 e. The molecule has 1 amide bonds. The summed E-state index contributed by atoms with van der Waals surface area (Å²) < 4.78 is 2.39. The van der Waals surface area contributed by atoms with Gasteiger partial charge in [0.1, 0.15) is 0 Å². The minimum atomic E-state index is -0.186. The Labute approximate surface area is 169 Å². The van der Waals surface area contributed by atoms with Crippen LogP contribution in [0.5, 0.6) is 0 Å². The molecule has 4 rings (SSSR count). The molecule has 0 unspecified atom stereocenters. The van der Waals surface area contributed by atoms with E-state index in [1.807, 2.05) is 11.0 Å². The highest BCUT2D eigenvalue weighted by Gasteiger charge is 2.25. The van der Waals surface area contributed by atoms with Crippen LogP contribution in [0, 0.1) is 0 Å². The average molecular weight is 447 g/mol. The zero-order chi connectivity index (χ0) is 19.0. The van der Waals surface area contributed by atoms with Crippen LogP contribution in [0.15, 0.2) is 45.0 Å². The first kappa shape index (κ1) is 18.3. The van der Waals surface area contributed by atoms with Gasteiger partial charge in [-0.2, -0.15) is 5.10 Å². The van der Waals surface area contributed by atoms with Crippen molar-refractivity contribution in [3.63, 3.8) is 0 Å². The molecule has 3 heterocycles. The van der Waals surface area contributed by atoms with E-state index >= 15 is 0 Å². The number of nitrogens with zero attached hydrogens (tertiary/aromatic N) is 4. The molecule has 0 N–H and O–H groups in total. The Morgan fingerprint density at radius 2 is 1.81 bits per heavy atom. The quantitative estimate of drug-likeness (QED) is 0.620. The molecule has 0 radical (unpaired) electrons. The number of benzene rings is 1. The van der Waals surface area contributed by atoms with Gasteiger partial charge in [-0.15, -0.1) is 11.3 Å². The Morgan fingerprint density at radius 1 is 1.11 bits per heavy atom. The number of carbonyl (C=O) groups is 1. The van der Waals surface area contributed by atoms with Gasteiger partial charge in [0.15, 0.2) is 5.69 Å². The molecule has 0 aliphatic carbocycles. The normalized spacial score (nSPS) is 15.4. The minimum Gasteiger partial charge on any atom is -0.335 e. The molecular weight excluding hydrogens is 428 g/mol.